The summed E-state index contributed by atoms with van der Waals surface area (Å²) >= 11 is 0. The fourth-order valence-corrected chi connectivity index (χ4v) is 4.84. The van der Waals surface area contributed by atoms with Crippen molar-refractivity contribution in [3.8, 4) is 11.1 Å². The number of aromatic nitrogens is 2. The molecule has 0 spiro atoms. The Morgan fingerprint density at radius 2 is 1.94 bits per heavy atom. The summed E-state index contributed by atoms with van der Waals surface area (Å²) in [5.74, 6) is 0.749. The average molecular weight is 424 g/mol. The van der Waals surface area contributed by atoms with Gasteiger partial charge in [-0.2, -0.15) is 5.10 Å². The molecule has 7 nitrogen and oxygen atoms in total. The van der Waals surface area contributed by atoms with Gasteiger partial charge in [0.05, 0.1) is 29.7 Å². The fraction of sp³-hybridized carbons (Fsp3) is 0.583. The maximum atomic E-state index is 13.0. The molecule has 1 N–H and O–H groups in total. The predicted molar refractivity (Wildman–Crippen MR) is 123 cm³/mol. The molecule has 2 aliphatic heterocycles. The average Bonchev–Trinajstić information content (AvgIpc) is 3.43. The topological polar surface area (TPSA) is 62.6 Å². The number of anilines is 2. The van der Waals surface area contributed by atoms with Gasteiger partial charge in [0.2, 0.25) is 0 Å². The maximum absolute atomic E-state index is 13.0. The number of fused-ring (bicyclic) bond motifs is 1. The summed E-state index contributed by atoms with van der Waals surface area (Å²) in [6.07, 6.45) is 6.22. The van der Waals surface area contributed by atoms with Crippen LogP contribution in [0.4, 0.5) is 16.2 Å². The number of ether oxygens (including phenoxy) is 1. The highest BCUT2D eigenvalue weighted by Crippen LogP contribution is 2.44. The maximum Gasteiger partial charge on any atom is 0.414 e. The molecule has 1 aromatic carbocycles. The number of benzene rings is 1. The minimum atomic E-state index is -0.268. The van der Waals surface area contributed by atoms with Crippen molar-refractivity contribution in [3.05, 3.63) is 30.6 Å². The molecule has 1 saturated heterocycles. The van der Waals surface area contributed by atoms with Crippen molar-refractivity contribution in [1.82, 2.24) is 15.1 Å². The van der Waals surface area contributed by atoms with Gasteiger partial charge in [-0.1, -0.05) is 6.07 Å². The Bertz CT molecular complexity index is 963. The molecule has 3 heterocycles. The first-order valence-corrected chi connectivity index (χ1v) is 11.6. The summed E-state index contributed by atoms with van der Waals surface area (Å²) in [7, 11) is 0. The number of amides is 1. The number of hydrogen-bond donors (Lipinski definition) is 1. The molecule has 2 aromatic rings. The molecule has 1 aliphatic carbocycles. The van der Waals surface area contributed by atoms with Crippen LogP contribution in [0, 0.1) is 5.92 Å². The van der Waals surface area contributed by atoms with Gasteiger partial charge >= 0.3 is 6.09 Å². The Morgan fingerprint density at radius 3 is 2.58 bits per heavy atom. The van der Waals surface area contributed by atoms with Gasteiger partial charge in [0.25, 0.3) is 0 Å². The van der Waals surface area contributed by atoms with Gasteiger partial charge in [-0.05, 0) is 64.2 Å². The van der Waals surface area contributed by atoms with E-state index in [1.54, 1.807) is 0 Å². The van der Waals surface area contributed by atoms with E-state index in [1.807, 2.05) is 29.6 Å². The first kappa shape index (κ1) is 20.4. The molecular weight excluding hydrogens is 390 g/mol. The van der Waals surface area contributed by atoms with E-state index in [1.165, 1.54) is 12.8 Å². The number of hydrogen-bond acceptors (Lipinski definition) is 5. The summed E-state index contributed by atoms with van der Waals surface area (Å²) in [5, 5.41) is 7.86. The van der Waals surface area contributed by atoms with Gasteiger partial charge in [-0.3, -0.25) is 9.58 Å². The highest BCUT2D eigenvalue weighted by atomic mass is 16.6. The molecule has 0 bridgehead atoms. The molecule has 5 rings (SSSR count). The van der Waals surface area contributed by atoms with E-state index < -0.39 is 0 Å². The van der Waals surface area contributed by atoms with Crippen LogP contribution in [0.2, 0.25) is 0 Å². The van der Waals surface area contributed by atoms with Crippen molar-refractivity contribution in [2.24, 2.45) is 5.92 Å². The monoisotopic (exact) mass is 423 g/mol. The van der Waals surface area contributed by atoms with Gasteiger partial charge < -0.3 is 15.0 Å². The lowest BCUT2D eigenvalue weighted by molar-refractivity contribution is 0.122. The molecule has 1 amide bonds. The number of nitrogens with zero attached hydrogens (tertiary/aromatic N) is 4. The first-order valence-electron chi connectivity index (χ1n) is 11.6. The van der Waals surface area contributed by atoms with Gasteiger partial charge in [0, 0.05) is 43.5 Å². The van der Waals surface area contributed by atoms with Crippen molar-refractivity contribution in [2.45, 2.75) is 64.8 Å². The molecular formula is C24H33N5O2. The highest BCUT2D eigenvalue weighted by molar-refractivity contribution is 5.95. The Labute approximate surface area is 184 Å². The van der Waals surface area contributed by atoms with Crippen molar-refractivity contribution in [1.29, 1.82) is 0 Å². The molecule has 2 fully saturated rings. The third-order valence-electron chi connectivity index (χ3n) is 6.83. The second-order valence-corrected chi connectivity index (χ2v) is 9.60. The summed E-state index contributed by atoms with van der Waals surface area (Å²) < 4.78 is 7.64. The Hall–Kier alpha value is -2.54. The van der Waals surface area contributed by atoms with Crippen LogP contribution < -0.4 is 15.1 Å². The third-order valence-corrected chi connectivity index (χ3v) is 6.83. The number of nitrogens with one attached hydrogen (secondary N) is 1. The standard InChI is InChI=1S/C24H33N5O2/c1-15(2)31-24(30)27-13-16(3)29(17(4)18-5-6-18)22-8-7-19(9-23(22)27)20-10-26-28(14-20)21-11-25-12-21/h7-10,14-18,21,25H,5-6,11-13H2,1-4H3/t16-,17?/m0/s1. The number of carbonyl (C=O) groups excluding carboxylic acids is 1. The van der Waals surface area contributed by atoms with Crippen LogP contribution >= 0.6 is 0 Å². The van der Waals surface area contributed by atoms with Crippen LogP contribution in [0.3, 0.4) is 0 Å². The molecule has 2 atom stereocenters. The van der Waals surface area contributed by atoms with E-state index in [0.717, 1.165) is 41.5 Å². The zero-order chi connectivity index (χ0) is 21.7. The summed E-state index contributed by atoms with van der Waals surface area (Å²) in [6.45, 7) is 10.9. The van der Waals surface area contributed by atoms with Gasteiger partial charge in [-0.15, -0.1) is 0 Å². The van der Waals surface area contributed by atoms with Crippen LogP contribution in [-0.4, -0.2) is 53.7 Å². The van der Waals surface area contributed by atoms with Crippen LogP contribution in [0.5, 0.6) is 0 Å². The molecule has 7 heteroatoms. The lowest BCUT2D eigenvalue weighted by Gasteiger charge is -2.45. The number of carbonyl (C=O) groups is 1. The molecule has 1 unspecified atom stereocenters. The van der Waals surface area contributed by atoms with Gasteiger partial charge in [0.1, 0.15) is 0 Å². The smallest absolute Gasteiger partial charge is 0.414 e. The zero-order valence-electron chi connectivity index (χ0n) is 18.9. The largest absolute Gasteiger partial charge is 0.446 e. The van der Waals surface area contributed by atoms with Crippen molar-refractivity contribution in [2.75, 3.05) is 29.4 Å². The Morgan fingerprint density at radius 1 is 1.16 bits per heavy atom. The minimum Gasteiger partial charge on any atom is -0.446 e. The Kier molecular flexibility index (Phi) is 5.16. The van der Waals surface area contributed by atoms with Crippen LogP contribution in [-0.2, 0) is 4.74 Å². The predicted octanol–water partition coefficient (Wildman–Crippen LogP) is 4.05. The molecule has 166 valence electrons. The highest BCUT2D eigenvalue weighted by Gasteiger charge is 2.40. The van der Waals surface area contributed by atoms with E-state index >= 15 is 0 Å². The lowest BCUT2D eigenvalue weighted by atomic mass is 10.00. The third kappa shape index (κ3) is 3.80. The van der Waals surface area contributed by atoms with E-state index in [0.29, 0.717) is 18.6 Å². The second-order valence-electron chi connectivity index (χ2n) is 9.60. The molecule has 3 aliphatic rings. The van der Waals surface area contributed by atoms with E-state index in [4.69, 9.17) is 4.74 Å². The zero-order valence-corrected chi connectivity index (χ0v) is 18.9. The van der Waals surface area contributed by atoms with Crippen LogP contribution in [0.1, 0.15) is 46.6 Å². The van der Waals surface area contributed by atoms with E-state index in [-0.39, 0.29) is 18.2 Å². The van der Waals surface area contributed by atoms with Crippen molar-refractivity contribution in [3.63, 3.8) is 0 Å². The second kappa shape index (κ2) is 7.86. The minimum absolute atomic E-state index is 0.146. The van der Waals surface area contributed by atoms with Crippen molar-refractivity contribution < 1.29 is 9.53 Å². The van der Waals surface area contributed by atoms with Crippen LogP contribution in [0.15, 0.2) is 30.6 Å². The van der Waals surface area contributed by atoms with Crippen molar-refractivity contribution >= 4 is 17.5 Å². The molecule has 31 heavy (non-hydrogen) atoms. The lowest BCUT2D eigenvalue weighted by Crippen LogP contribution is -2.53. The fourth-order valence-electron chi connectivity index (χ4n) is 4.84. The number of rotatable bonds is 5. The summed E-state index contributed by atoms with van der Waals surface area (Å²) in [4.78, 5) is 17.3. The molecule has 1 saturated carbocycles. The van der Waals surface area contributed by atoms with Crippen LogP contribution in [0.25, 0.3) is 11.1 Å². The SMILES string of the molecule is CC(C)OC(=O)N1C[C@H](C)N(C(C)C2CC2)c2ccc(-c3cnn(C4CNC4)c3)cc21. The summed E-state index contributed by atoms with van der Waals surface area (Å²) in [5.41, 5.74) is 4.21. The Balaban J connectivity index is 1.52. The normalized spacial score (nSPS) is 22.3. The molecule has 1 aromatic heterocycles. The molecule has 0 radical (unpaired) electrons. The summed E-state index contributed by atoms with van der Waals surface area (Å²) in [6, 6.07) is 7.61. The quantitative estimate of drug-likeness (QED) is 0.786. The van der Waals surface area contributed by atoms with E-state index in [2.05, 4.69) is 53.6 Å². The van der Waals surface area contributed by atoms with E-state index in [9.17, 15) is 4.79 Å². The first-order chi connectivity index (χ1) is 14.9. The van der Waals surface area contributed by atoms with Gasteiger partial charge in [0.15, 0.2) is 0 Å². The van der Waals surface area contributed by atoms with Gasteiger partial charge in [-0.25, -0.2) is 4.79 Å².